The van der Waals surface area contributed by atoms with Crippen LogP contribution in [0.25, 0.3) is 0 Å². The van der Waals surface area contributed by atoms with Gasteiger partial charge in [-0.2, -0.15) is 4.99 Å². The number of para-hydroxylation sites is 1. The second-order valence-electron chi connectivity index (χ2n) is 8.96. The Hall–Kier alpha value is -3.46. The van der Waals surface area contributed by atoms with Crippen molar-refractivity contribution in [3.8, 4) is 11.5 Å². The van der Waals surface area contributed by atoms with E-state index in [-0.39, 0.29) is 23.3 Å². The fraction of sp³-hybridized carbons (Fsp3) is 0.375. The number of nitrogens with zero attached hydrogens (tertiary/aromatic N) is 2. The summed E-state index contributed by atoms with van der Waals surface area (Å²) in [7, 11) is 0. The summed E-state index contributed by atoms with van der Waals surface area (Å²) in [5, 5.41) is 3.33. The smallest absolute Gasteiger partial charge is 0.407 e. The Morgan fingerprint density at radius 2 is 1.76 bits per heavy atom. The predicted octanol–water partition coefficient (Wildman–Crippen LogP) is 4.04. The Kier molecular flexibility index (Phi) is 7.88. The van der Waals surface area contributed by atoms with Crippen LogP contribution in [0.1, 0.15) is 44.0 Å². The summed E-state index contributed by atoms with van der Waals surface area (Å²) in [5.41, 5.74) is 11.3. The molecule has 1 heterocycles. The van der Waals surface area contributed by atoms with E-state index in [0.717, 1.165) is 18.5 Å². The molecule has 9 nitrogen and oxygen atoms in total. The van der Waals surface area contributed by atoms with E-state index >= 15 is 0 Å². The molecule has 0 saturated carbocycles. The summed E-state index contributed by atoms with van der Waals surface area (Å²) in [6.07, 6.45) is 1.04. The zero-order valence-corrected chi connectivity index (χ0v) is 20.3. The first-order valence-corrected chi connectivity index (χ1v) is 11.3. The van der Waals surface area contributed by atoms with Crippen LogP contribution in [0.3, 0.4) is 0 Å². The number of hydrogen-bond donors (Lipinski definition) is 3. The molecule has 1 aliphatic heterocycles. The molecule has 2 aromatic rings. The standard InChI is InChI=1S/C24H30ClN5O4/c1-24(2,3)34-23(32)28-15-10-12-30(13-11-15)16-8-9-19(17(14-16)21(31)29-22(26)27)33-20-7-5-4-6-18(20)25/h4-9,14-15H,10-13H2,1-3H3,(H,28,32)(H4,26,27,29,31). The fourth-order valence-electron chi connectivity index (χ4n) is 3.55. The first kappa shape index (κ1) is 25.2. The summed E-state index contributed by atoms with van der Waals surface area (Å²) >= 11 is 6.20. The van der Waals surface area contributed by atoms with Gasteiger partial charge in [-0.3, -0.25) is 4.79 Å². The molecular formula is C24H30ClN5O4. The Labute approximate surface area is 204 Å². The highest BCUT2D eigenvalue weighted by Gasteiger charge is 2.25. The van der Waals surface area contributed by atoms with Crippen molar-refractivity contribution >= 4 is 35.2 Å². The van der Waals surface area contributed by atoms with E-state index in [9.17, 15) is 9.59 Å². The van der Waals surface area contributed by atoms with Crippen molar-refractivity contribution in [2.75, 3.05) is 18.0 Å². The normalized spacial score (nSPS) is 14.3. The van der Waals surface area contributed by atoms with Gasteiger partial charge in [0.25, 0.3) is 5.91 Å². The highest BCUT2D eigenvalue weighted by Crippen LogP contribution is 2.34. The quantitative estimate of drug-likeness (QED) is 0.428. The lowest BCUT2D eigenvalue weighted by atomic mass is 10.0. The molecule has 1 fully saturated rings. The third kappa shape index (κ3) is 7.02. The average Bonchev–Trinajstić information content (AvgIpc) is 2.74. The molecule has 1 saturated heterocycles. The van der Waals surface area contributed by atoms with E-state index in [1.807, 2.05) is 26.8 Å². The van der Waals surface area contributed by atoms with Crippen LogP contribution in [0, 0.1) is 0 Å². The molecule has 2 aromatic carbocycles. The lowest BCUT2D eigenvalue weighted by Crippen LogP contribution is -2.46. The maximum absolute atomic E-state index is 12.7. The number of hydrogen-bond acceptors (Lipinski definition) is 5. The second kappa shape index (κ2) is 10.6. The number of benzene rings is 2. The monoisotopic (exact) mass is 487 g/mol. The zero-order valence-electron chi connectivity index (χ0n) is 19.5. The molecule has 0 atom stereocenters. The van der Waals surface area contributed by atoms with Crippen molar-refractivity contribution in [3.05, 3.63) is 53.1 Å². The molecule has 0 radical (unpaired) electrons. The second-order valence-corrected chi connectivity index (χ2v) is 9.37. The zero-order chi connectivity index (χ0) is 24.9. The Morgan fingerprint density at radius 3 is 2.38 bits per heavy atom. The minimum atomic E-state index is -0.620. The van der Waals surface area contributed by atoms with Crippen LogP contribution in [-0.4, -0.2) is 42.7 Å². The van der Waals surface area contributed by atoms with Crippen molar-refractivity contribution in [3.63, 3.8) is 0 Å². The van der Waals surface area contributed by atoms with E-state index in [1.165, 1.54) is 0 Å². The van der Waals surface area contributed by atoms with Crippen molar-refractivity contribution in [1.29, 1.82) is 0 Å². The lowest BCUT2D eigenvalue weighted by Gasteiger charge is -2.34. The Morgan fingerprint density at radius 1 is 1.09 bits per heavy atom. The van der Waals surface area contributed by atoms with Gasteiger partial charge in [0.1, 0.15) is 17.1 Å². The van der Waals surface area contributed by atoms with Crippen LogP contribution >= 0.6 is 11.6 Å². The largest absolute Gasteiger partial charge is 0.455 e. The van der Waals surface area contributed by atoms with Crippen molar-refractivity contribution in [1.82, 2.24) is 5.32 Å². The van der Waals surface area contributed by atoms with Crippen molar-refractivity contribution in [2.24, 2.45) is 16.5 Å². The highest BCUT2D eigenvalue weighted by molar-refractivity contribution is 6.32. The number of halogens is 1. The average molecular weight is 488 g/mol. The first-order valence-electron chi connectivity index (χ1n) is 11.0. The number of ether oxygens (including phenoxy) is 2. The summed E-state index contributed by atoms with van der Waals surface area (Å²) < 4.78 is 11.2. The summed E-state index contributed by atoms with van der Waals surface area (Å²) in [5.74, 6) is -0.267. The molecule has 10 heteroatoms. The van der Waals surface area contributed by atoms with Gasteiger partial charge in [-0.15, -0.1) is 0 Å². The van der Waals surface area contributed by atoms with Crippen molar-refractivity contribution < 1.29 is 19.1 Å². The van der Waals surface area contributed by atoms with Crippen LogP contribution in [0.15, 0.2) is 47.5 Å². The number of guanidine groups is 1. The molecule has 0 bridgehead atoms. The lowest BCUT2D eigenvalue weighted by molar-refractivity contribution is 0.0497. The topological polar surface area (TPSA) is 132 Å². The van der Waals surface area contributed by atoms with Crippen LogP contribution in [0.2, 0.25) is 5.02 Å². The molecule has 0 aromatic heterocycles. The summed E-state index contributed by atoms with van der Waals surface area (Å²) in [6.45, 7) is 6.85. The van der Waals surface area contributed by atoms with Crippen LogP contribution < -0.4 is 26.4 Å². The number of alkyl carbamates (subject to hydrolysis) is 1. The van der Waals surface area contributed by atoms with Gasteiger partial charge < -0.3 is 31.2 Å². The van der Waals surface area contributed by atoms with Gasteiger partial charge in [-0.05, 0) is 63.9 Å². The highest BCUT2D eigenvalue weighted by atomic mass is 35.5. The molecule has 34 heavy (non-hydrogen) atoms. The molecule has 0 spiro atoms. The molecule has 182 valence electrons. The maximum atomic E-state index is 12.7. The summed E-state index contributed by atoms with van der Waals surface area (Å²) in [6, 6.07) is 12.2. The van der Waals surface area contributed by atoms with Crippen molar-refractivity contribution in [2.45, 2.75) is 45.3 Å². The molecule has 2 amide bonds. The molecule has 1 aliphatic rings. The summed E-state index contributed by atoms with van der Waals surface area (Å²) in [4.78, 5) is 30.6. The van der Waals surface area contributed by atoms with Gasteiger partial charge in [-0.1, -0.05) is 23.7 Å². The number of nitrogens with one attached hydrogen (secondary N) is 1. The number of anilines is 1. The van der Waals surface area contributed by atoms with Gasteiger partial charge in [-0.25, -0.2) is 4.79 Å². The van der Waals surface area contributed by atoms with Gasteiger partial charge in [0.15, 0.2) is 5.96 Å². The van der Waals surface area contributed by atoms with Crippen LogP contribution in [0.5, 0.6) is 11.5 Å². The third-order valence-corrected chi connectivity index (χ3v) is 5.37. The molecule has 0 unspecified atom stereocenters. The Bertz CT molecular complexity index is 1070. The first-order chi connectivity index (χ1) is 16.0. The maximum Gasteiger partial charge on any atom is 0.407 e. The van der Waals surface area contributed by atoms with Gasteiger partial charge in [0, 0.05) is 24.8 Å². The fourth-order valence-corrected chi connectivity index (χ4v) is 3.72. The number of aliphatic imine (C=N–C) groups is 1. The van der Waals surface area contributed by atoms with E-state index in [2.05, 4.69) is 15.2 Å². The molecule has 3 rings (SSSR count). The van der Waals surface area contributed by atoms with E-state index in [0.29, 0.717) is 23.9 Å². The SMILES string of the molecule is CC(C)(C)OC(=O)NC1CCN(c2ccc(Oc3ccccc3Cl)c(C(=O)N=C(N)N)c2)CC1. The van der Waals surface area contributed by atoms with E-state index in [4.69, 9.17) is 32.5 Å². The predicted molar refractivity (Wildman–Crippen MR) is 133 cm³/mol. The molecule has 0 aliphatic carbocycles. The number of carbonyl (C=O) groups excluding carboxylic acids is 2. The molecular weight excluding hydrogens is 458 g/mol. The van der Waals surface area contributed by atoms with Crippen LogP contribution in [0.4, 0.5) is 10.5 Å². The number of rotatable bonds is 5. The number of piperidine rings is 1. The minimum Gasteiger partial charge on any atom is -0.455 e. The molecule has 5 N–H and O–H groups in total. The van der Waals surface area contributed by atoms with Gasteiger partial charge in [0.05, 0.1) is 10.6 Å². The minimum absolute atomic E-state index is 0.0108. The third-order valence-electron chi connectivity index (χ3n) is 5.06. The number of carbonyl (C=O) groups is 2. The van der Waals surface area contributed by atoms with Gasteiger partial charge >= 0.3 is 6.09 Å². The van der Waals surface area contributed by atoms with Gasteiger partial charge in [0.2, 0.25) is 0 Å². The number of amides is 2. The Balaban J connectivity index is 1.75. The number of nitrogens with two attached hydrogens (primary N) is 2. The van der Waals surface area contributed by atoms with E-state index in [1.54, 1.807) is 36.4 Å². The van der Waals surface area contributed by atoms with E-state index < -0.39 is 17.6 Å². The van der Waals surface area contributed by atoms with Crippen LogP contribution in [-0.2, 0) is 4.74 Å².